The molecule has 2 aromatic heterocycles. The summed E-state index contributed by atoms with van der Waals surface area (Å²) in [6.45, 7) is 0.533. The van der Waals surface area contributed by atoms with Crippen molar-refractivity contribution < 1.29 is 13.9 Å². The van der Waals surface area contributed by atoms with Gasteiger partial charge in [-0.2, -0.15) is 0 Å². The lowest BCUT2D eigenvalue weighted by Crippen LogP contribution is -2.27. The number of furan rings is 1. The van der Waals surface area contributed by atoms with Crippen molar-refractivity contribution in [3.63, 3.8) is 0 Å². The highest BCUT2D eigenvalue weighted by atomic mass is 16.5. The van der Waals surface area contributed by atoms with Gasteiger partial charge in [-0.1, -0.05) is 6.07 Å². The van der Waals surface area contributed by atoms with Gasteiger partial charge in [0.05, 0.1) is 18.9 Å². The summed E-state index contributed by atoms with van der Waals surface area (Å²) in [6, 6.07) is 11.4. The Labute approximate surface area is 128 Å². The highest BCUT2D eigenvalue weighted by Crippen LogP contribution is 2.27. The molecule has 0 spiro atoms. The van der Waals surface area contributed by atoms with Crippen molar-refractivity contribution in [3.05, 3.63) is 54.1 Å². The molecule has 1 amide bonds. The van der Waals surface area contributed by atoms with Gasteiger partial charge in [-0.25, -0.2) is 0 Å². The number of aromatic nitrogens is 1. The summed E-state index contributed by atoms with van der Waals surface area (Å²) < 4.78 is 12.5. The van der Waals surface area contributed by atoms with E-state index in [1.165, 1.54) is 0 Å². The van der Waals surface area contributed by atoms with E-state index in [4.69, 9.17) is 9.15 Å². The van der Waals surface area contributed by atoms with Crippen molar-refractivity contribution in [3.8, 4) is 5.75 Å². The second-order valence-corrected chi connectivity index (χ2v) is 5.07. The molecule has 0 radical (unpaired) electrons. The Bertz CT molecular complexity index is 788. The van der Waals surface area contributed by atoms with Gasteiger partial charge in [0.1, 0.15) is 17.2 Å². The summed E-state index contributed by atoms with van der Waals surface area (Å²) in [4.78, 5) is 12.4. The predicted octanol–water partition coefficient (Wildman–Crippen LogP) is 2.75. The number of rotatable bonds is 5. The standard InChI is InChI=1S/C17H18N2O3/c1-19-14-6-3-7-16(21-2)13(14)11-15(19)17(20)18-9-8-12-5-4-10-22-12/h3-7,10-11H,8-9H2,1-2H3,(H,18,20). The van der Waals surface area contributed by atoms with E-state index < -0.39 is 0 Å². The quantitative estimate of drug-likeness (QED) is 0.788. The summed E-state index contributed by atoms with van der Waals surface area (Å²) in [6.07, 6.45) is 2.30. The Morgan fingerprint density at radius 2 is 2.18 bits per heavy atom. The van der Waals surface area contributed by atoms with Crippen LogP contribution in [0, 0.1) is 0 Å². The van der Waals surface area contributed by atoms with E-state index in [0.29, 0.717) is 18.7 Å². The number of hydrogen-bond donors (Lipinski definition) is 1. The molecule has 1 aromatic carbocycles. The molecule has 3 rings (SSSR count). The van der Waals surface area contributed by atoms with Gasteiger partial charge in [0.15, 0.2) is 0 Å². The number of amides is 1. The van der Waals surface area contributed by atoms with E-state index in [-0.39, 0.29) is 5.91 Å². The third-order valence-corrected chi connectivity index (χ3v) is 3.74. The maximum absolute atomic E-state index is 12.4. The van der Waals surface area contributed by atoms with Crippen LogP contribution in [0.4, 0.5) is 0 Å². The fraction of sp³-hybridized carbons (Fsp3) is 0.235. The van der Waals surface area contributed by atoms with Crippen LogP contribution in [0.3, 0.4) is 0 Å². The molecule has 0 fully saturated rings. The number of nitrogens with one attached hydrogen (secondary N) is 1. The minimum absolute atomic E-state index is 0.104. The molecule has 2 heterocycles. The van der Waals surface area contributed by atoms with Crippen LogP contribution in [-0.2, 0) is 13.5 Å². The Morgan fingerprint density at radius 1 is 1.32 bits per heavy atom. The number of carbonyl (C=O) groups excluding carboxylic acids is 1. The molecular weight excluding hydrogens is 280 g/mol. The zero-order chi connectivity index (χ0) is 15.5. The number of aryl methyl sites for hydroxylation is 1. The van der Waals surface area contributed by atoms with E-state index >= 15 is 0 Å². The van der Waals surface area contributed by atoms with Gasteiger partial charge < -0.3 is 19.0 Å². The zero-order valence-corrected chi connectivity index (χ0v) is 12.6. The molecule has 5 heteroatoms. The summed E-state index contributed by atoms with van der Waals surface area (Å²) in [7, 11) is 3.51. The summed E-state index contributed by atoms with van der Waals surface area (Å²) in [5.41, 5.74) is 1.58. The fourth-order valence-corrected chi connectivity index (χ4v) is 2.57. The van der Waals surface area contributed by atoms with Crippen LogP contribution in [0.5, 0.6) is 5.75 Å². The van der Waals surface area contributed by atoms with Crippen molar-refractivity contribution in [2.24, 2.45) is 7.05 Å². The molecule has 1 N–H and O–H groups in total. The number of benzene rings is 1. The fourth-order valence-electron chi connectivity index (χ4n) is 2.57. The molecule has 0 atom stereocenters. The van der Waals surface area contributed by atoms with E-state index in [1.54, 1.807) is 13.4 Å². The smallest absolute Gasteiger partial charge is 0.267 e. The van der Waals surface area contributed by atoms with Gasteiger partial charge in [-0.05, 0) is 30.3 Å². The lowest BCUT2D eigenvalue weighted by molar-refractivity contribution is 0.0946. The second kappa shape index (κ2) is 5.97. The van der Waals surface area contributed by atoms with E-state index in [1.807, 2.05) is 48.0 Å². The average molecular weight is 298 g/mol. The molecule has 3 aromatic rings. The normalized spacial score (nSPS) is 10.8. The van der Waals surface area contributed by atoms with Gasteiger partial charge in [-0.3, -0.25) is 4.79 Å². The first-order valence-corrected chi connectivity index (χ1v) is 7.13. The van der Waals surface area contributed by atoms with Crippen LogP contribution in [-0.4, -0.2) is 24.1 Å². The van der Waals surface area contributed by atoms with Crippen molar-refractivity contribution in [2.45, 2.75) is 6.42 Å². The SMILES string of the molecule is COc1cccc2c1cc(C(=O)NCCc1ccco1)n2C. The monoisotopic (exact) mass is 298 g/mol. The zero-order valence-electron chi connectivity index (χ0n) is 12.6. The summed E-state index contributed by atoms with van der Waals surface area (Å²) in [5.74, 6) is 1.52. The maximum Gasteiger partial charge on any atom is 0.267 e. The lowest BCUT2D eigenvalue weighted by atomic mass is 10.2. The maximum atomic E-state index is 12.4. The van der Waals surface area contributed by atoms with Crippen LogP contribution in [0.2, 0.25) is 0 Å². The van der Waals surface area contributed by atoms with Crippen LogP contribution < -0.4 is 10.1 Å². The molecular formula is C17H18N2O3. The van der Waals surface area contributed by atoms with E-state index in [2.05, 4.69) is 5.32 Å². The topological polar surface area (TPSA) is 56.4 Å². The van der Waals surface area contributed by atoms with Crippen molar-refractivity contribution >= 4 is 16.8 Å². The Hall–Kier alpha value is -2.69. The number of methoxy groups -OCH3 is 1. The van der Waals surface area contributed by atoms with Gasteiger partial charge in [0.25, 0.3) is 5.91 Å². The Morgan fingerprint density at radius 3 is 2.91 bits per heavy atom. The molecule has 0 bridgehead atoms. The van der Waals surface area contributed by atoms with E-state index in [9.17, 15) is 4.79 Å². The van der Waals surface area contributed by atoms with E-state index in [0.717, 1.165) is 22.4 Å². The minimum Gasteiger partial charge on any atom is -0.496 e. The molecule has 114 valence electrons. The summed E-state index contributed by atoms with van der Waals surface area (Å²) >= 11 is 0. The predicted molar refractivity (Wildman–Crippen MR) is 84.2 cm³/mol. The molecule has 0 aliphatic rings. The first kappa shape index (κ1) is 14.3. The van der Waals surface area contributed by atoms with Crippen LogP contribution in [0.25, 0.3) is 10.9 Å². The van der Waals surface area contributed by atoms with Gasteiger partial charge in [0, 0.05) is 25.4 Å². The number of ether oxygens (including phenoxy) is 1. The number of hydrogen-bond acceptors (Lipinski definition) is 3. The molecule has 0 aliphatic heterocycles. The first-order chi connectivity index (χ1) is 10.7. The van der Waals surface area contributed by atoms with Gasteiger partial charge in [-0.15, -0.1) is 0 Å². The largest absolute Gasteiger partial charge is 0.496 e. The number of fused-ring (bicyclic) bond motifs is 1. The number of carbonyl (C=O) groups is 1. The van der Waals surface area contributed by atoms with Gasteiger partial charge >= 0.3 is 0 Å². The molecule has 0 saturated carbocycles. The van der Waals surface area contributed by atoms with Crippen molar-refractivity contribution in [1.29, 1.82) is 0 Å². The second-order valence-electron chi connectivity index (χ2n) is 5.07. The molecule has 0 unspecified atom stereocenters. The molecule has 0 saturated heterocycles. The highest BCUT2D eigenvalue weighted by Gasteiger charge is 2.15. The van der Waals surface area contributed by atoms with Crippen molar-refractivity contribution in [1.82, 2.24) is 9.88 Å². The average Bonchev–Trinajstić information content (AvgIpc) is 3.15. The summed E-state index contributed by atoms with van der Waals surface area (Å²) in [5, 5.41) is 3.85. The Kier molecular flexibility index (Phi) is 3.87. The van der Waals surface area contributed by atoms with Crippen LogP contribution in [0.15, 0.2) is 47.1 Å². The molecule has 22 heavy (non-hydrogen) atoms. The van der Waals surface area contributed by atoms with Crippen molar-refractivity contribution in [2.75, 3.05) is 13.7 Å². The third-order valence-electron chi connectivity index (χ3n) is 3.74. The Balaban J connectivity index is 1.77. The minimum atomic E-state index is -0.104. The highest BCUT2D eigenvalue weighted by molar-refractivity contribution is 6.00. The lowest BCUT2D eigenvalue weighted by Gasteiger charge is -2.05. The third kappa shape index (κ3) is 2.57. The molecule has 5 nitrogen and oxygen atoms in total. The first-order valence-electron chi connectivity index (χ1n) is 7.13. The van der Waals surface area contributed by atoms with Crippen LogP contribution >= 0.6 is 0 Å². The molecule has 0 aliphatic carbocycles. The van der Waals surface area contributed by atoms with Gasteiger partial charge in [0.2, 0.25) is 0 Å². The number of nitrogens with zero attached hydrogens (tertiary/aromatic N) is 1. The van der Waals surface area contributed by atoms with Crippen LogP contribution in [0.1, 0.15) is 16.2 Å².